The van der Waals surface area contributed by atoms with Crippen LogP contribution in [-0.4, -0.2) is 5.78 Å². The highest BCUT2D eigenvalue weighted by atomic mass is 19.1. The molecule has 26 heavy (non-hydrogen) atoms. The summed E-state index contributed by atoms with van der Waals surface area (Å²) in [7, 11) is 0. The molecule has 128 valence electrons. The van der Waals surface area contributed by atoms with Crippen LogP contribution in [0, 0.1) is 5.82 Å². The number of anilines is 1. The van der Waals surface area contributed by atoms with Crippen molar-refractivity contribution in [2.45, 2.75) is 25.3 Å². The van der Waals surface area contributed by atoms with E-state index in [0.717, 1.165) is 46.1 Å². The molecule has 4 heteroatoms. The van der Waals surface area contributed by atoms with E-state index in [9.17, 15) is 9.18 Å². The zero-order chi connectivity index (χ0) is 17.7. The molecule has 0 bridgehead atoms. The summed E-state index contributed by atoms with van der Waals surface area (Å²) in [4.78, 5) is 16.1. The second-order valence-electron chi connectivity index (χ2n) is 6.89. The first-order chi connectivity index (χ1) is 12.7. The fourth-order valence-electron chi connectivity index (χ4n) is 4.27. The number of fused-ring (bicyclic) bond motifs is 4. The Morgan fingerprint density at radius 1 is 1.04 bits per heavy atom. The van der Waals surface area contributed by atoms with Gasteiger partial charge in [0.1, 0.15) is 5.82 Å². The van der Waals surface area contributed by atoms with E-state index in [1.54, 1.807) is 12.1 Å². The maximum absolute atomic E-state index is 14.5. The van der Waals surface area contributed by atoms with Gasteiger partial charge in [-0.15, -0.1) is 0 Å². The number of H-pyrrole nitrogens is 1. The largest absolute Gasteiger partial charge is 0.373 e. The van der Waals surface area contributed by atoms with Crippen LogP contribution in [0.5, 0.6) is 0 Å². The van der Waals surface area contributed by atoms with Gasteiger partial charge in [-0.1, -0.05) is 18.2 Å². The molecule has 3 nitrogen and oxygen atoms in total. The number of ketones is 1. The molecule has 0 radical (unpaired) electrons. The van der Waals surface area contributed by atoms with Crippen molar-refractivity contribution in [1.29, 1.82) is 0 Å². The number of carbonyl (C=O) groups is 1. The lowest BCUT2D eigenvalue weighted by molar-refractivity contribution is -0.344. The molecule has 2 aliphatic rings. The zero-order valence-corrected chi connectivity index (χ0v) is 14.2. The van der Waals surface area contributed by atoms with Gasteiger partial charge in [-0.2, -0.15) is 0 Å². The molecule has 5 rings (SSSR count). The van der Waals surface area contributed by atoms with Crippen LogP contribution in [0.2, 0.25) is 0 Å². The second-order valence-corrected chi connectivity index (χ2v) is 6.89. The highest BCUT2D eigenvalue weighted by Gasteiger charge is 2.36. The summed E-state index contributed by atoms with van der Waals surface area (Å²) >= 11 is 0. The maximum atomic E-state index is 14.5. The van der Waals surface area contributed by atoms with E-state index in [-0.39, 0.29) is 11.6 Å². The lowest BCUT2D eigenvalue weighted by atomic mass is 9.77. The highest BCUT2D eigenvalue weighted by molar-refractivity contribution is 6.11. The molecule has 1 unspecified atom stereocenters. The van der Waals surface area contributed by atoms with Crippen molar-refractivity contribution in [3.63, 3.8) is 0 Å². The molecule has 0 spiro atoms. The van der Waals surface area contributed by atoms with Gasteiger partial charge >= 0.3 is 0 Å². The Morgan fingerprint density at radius 2 is 1.92 bits per heavy atom. The smallest absolute Gasteiger partial charge is 0.211 e. The number of aromatic amines is 1. The Kier molecular flexibility index (Phi) is 3.38. The number of Topliss-reactive ketones (excluding diaryl/α,β-unsaturated/α-hetero) is 1. The molecule has 2 heterocycles. The molecule has 1 aliphatic carbocycles. The van der Waals surface area contributed by atoms with Gasteiger partial charge in [-0.25, -0.2) is 9.37 Å². The van der Waals surface area contributed by atoms with Crippen molar-refractivity contribution in [2.24, 2.45) is 0 Å². The normalized spacial score (nSPS) is 19.1. The number of nitrogens with one attached hydrogen (secondary N) is 2. The van der Waals surface area contributed by atoms with Crippen molar-refractivity contribution < 1.29 is 14.2 Å². The number of pyridine rings is 1. The van der Waals surface area contributed by atoms with Crippen molar-refractivity contribution >= 4 is 27.9 Å². The zero-order valence-electron chi connectivity index (χ0n) is 14.2. The van der Waals surface area contributed by atoms with Gasteiger partial charge in [0.25, 0.3) is 0 Å². The third-order valence-corrected chi connectivity index (χ3v) is 5.41. The standard InChI is InChI=1S/C22H17FN2O/c23-16-8-2-1-5-13(16)22-21-15(6-3-9-19(21)26)20-14-7-4-12-24-17(14)10-11-18(20)25-22/h1-2,4-5,7-8,10-12,22,25H,3,6,9H2/p+1. The monoisotopic (exact) mass is 345 g/mol. The number of hydrogen-bond donors (Lipinski definition) is 1. The number of rotatable bonds is 1. The molecule has 1 atom stereocenters. The summed E-state index contributed by atoms with van der Waals surface area (Å²) in [6.45, 7) is 0. The number of benzene rings is 2. The summed E-state index contributed by atoms with van der Waals surface area (Å²) < 4.78 is 14.5. The van der Waals surface area contributed by atoms with E-state index in [1.807, 2.05) is 30.5 Å². The molecule has 1 aliphatic heterocycles. The van der Waals surface area contributed by atoms with Gasteiger partial charge in [0.15, 0.2) is 12.0 Å². The fourth-order valence-corrected chi connectivity index (χ4v) is 4.27. The third kappa shape index (κ3) is 2.18. The highest BCUT2D eigenvalue weighted by Crippen LogP contribution is 2.47. The van der Waals surface area contributed by atoms with Gasteiger partial charge in [0.2, 0.25) is 5.52 Å². The molecule has 2 aromatic carbocycles. The third-order valence-electron chi connectivity index (χ3n) is 5.41. The Hall–Kier alpha value is -3.01. The maximum Gasteiger partial charge on any atom is 0.211 e. The van der Waals surface area contributed by atoms with Crippen molar-refractivity contribution in [1.82, 2.24) is 0 Å². The summed E-state index contributed by atoms with van der Waals surface area (Å²) in [5.41, 5.74) is 5.38. The number of allylic oxidation sites excluding steroid dienone is 1. The Labute approximate surface area is 150 Å². The molecule has 0 amide bonds. The Balaban J connectivity index is 1.81. The Morgan fingerprint density at radius 3 is 2.81 bits per heavy atom. The van der Waals surface area contributed by atoms with Crippen molar-refractivity contribution in [3.05, 3.63) is 77.2 Å². The van der Waals surface area contributed by atoms with Crippen molar-refractivity contribution in [3.8, 4) is 0 Å². The van der Waals surface area contributed by atoms with E-state index in [2.05, 4.69) is 16.4 Å². The van der Waals surface area contributed by atoms with E-state index in [1.165, 1.54) is 6.07 Å². The first-order valence-electron chi connectivity index (χ1n) is 8.95. The molecular weight excluding hydrogens is 327 g/mol. The Bertz CT molecular complexity index is 1090. The average Bonchev–Trinajstić information content (AvgIpc) is 2.67. The number of hydrogen-bond acceptors (Lipinski definition) is 2. The first-order valence-corrected chi connectivity index (χ1v) is 8.95. The van der Waals surface area contributed by atoms with Crippen LogP contribution in [-0.2, 0) is 4.79 Å². The second kappa shape index (κ2) is 5.77. The van der Waals surface area contributed by atoms with Gasteiger partial charge in [-0.3, -0.25) is 4.79 Å². The van der Waals surface area contributed by atoms with Crippen LogP contribution in [0.15, 0.2) is 60.3 Å². The fraction of sp³-hybridized carbons (Fsp3) is 0.182. The topological polar surface area (TPSA) is 43.2 Å². The van der Waals surface area contributed by atoms with E-state index >= 15 is 0 Å². The number of carbonyl (C=O) groups excluding carboxylic acids is 1. The van der Waals surface area contributed by atoms with Crippen LogP contribution >= 0.6 is 0 Å². The van der Waals surface area contributed by atoms with Crippen LogP contribution in [0.4, 0.5) is 10.1 Å². The molecule has 0 fully saturated rings. The average molecular weight is 345 g/mol. The number of halogens is 1. The summed E-state index contributed by atoms with van der Waals surface area (Å²) in [5.74, 6) is -0.164. The van der Waals surface area contributed by atoms with Gasteiger partial charge in [0.05, 0.1) is 11.4 Å². The quantitative estimate of drug-likeness (QED) is 0.707. The van der Waals surface area contributed by atoms with Gasteiger partial charge in [-0.05, 0) is 36.6 Å². The van der Waals surface area contributed by atoms with E-state index < -0.39 is 6.04 Å². The van der Waals surface area contributed by atoms with E-state index in [0.29, 0.717) is 12.0 Å². The summed E-state index contributed by atoms with van der Waals surface area (Å²) in [6.07, 6.45) is 4.11. The molecule has 3 aromatic rings. The molecule has 1 aromatic heterocycles. The van der Waals surface area contributed by atoms with Crippen LogP contribution in [0.25, 0.3) is 16.5 Å². The lowest BCUT2D eigenvalue weighted by Gasteiger charge is -2.34. The van der Waals surface area contributed by atoms with Crippen molar-refractivity contribution in [2.75, 3.05) is 5.32 Å². The van der Waals surface area contributed by atoms with Crippen LogP contribution in [0.1, 0.15) is 36.4 Å². The first kappa shape index (κ1) is 15.3. The molecular formula is C22H18FN2O+. The van der Waals surface area contributed by atoms with Gasteiger partial charge in [0, 0.05) is 40.9 Å². The van der Waals surface area contributed by atoms with Crippen LogP contribution < -0.4 is 10.3 Å². The lowest BCUT2D eigenvalue weighted by Crippen LogP contribution is -2.28. The number of aromatic nitrogens is 1. The minimum Gasteiger partial charge on any atom is -0.373 e. The summed E-state index contributed by atoms with van der Waals surface area (Å²) in [6, 6.07) is 14.4. The minimum absolute atomic E-state index is 0.120. The van der Waals surface area contributed by atoms with Gasteiger partial charge < -0.3 is 5.32 Å². The molecule has 0 saturated carbocycles. The summed E-state index contributed by atoms with van der Waals surface area (Å²) in [5, 5.41) is 4.53. The molecule has 2 N–H and O–H groups in total. The molecule has 0 saturated heterocycles. The predicted molar refractivity (Wildman–Crippen MR) is 99.0 cm³/mol. The van der Waals surface area contributed by atoms with E-state index in [4.69, 9.17) is 0 Å². The predicted octanol–water partition coefficient (Wildman–Crippen LogP) is 4.47. The SMILES string of the molecule is O=C1CCCC2=C1C(c1ccccc1F)Nc1ccc3[nH+]cccc3c12. The minimum atomic E-state index is -0.434. The van der Waals surface area contributed by atoms with Crippen LogP contribution in [0.3, 0.4) is 0 Å².